The summed E-state index contributed by atoms with van der Waals surface area (Å²) >= 11 is 6.84. The molecule has 0 fully saturated rings. The second-order valence-electron chi connectivity index (χ2n) is 3.68. The van der Waals surface area contributed by atoms with Crippen LogP contribution in [0.15, 0.2) is 6.07 Å². The number of halogens is 3. The van der Waals surface area contributed by atoms with Gasteiger partial charge in [-0.2, -0.15) is 0 Å². The third kappa shape index (κ3) is 3.92. The Morgan fingerprint density at radius 1 is 1.53 bits per heavy atom. The van der Waals surface area contributed by atoms with Gasteiger partial charge < -0.3 is 4.90 Å². The van der Waals surface area contributed by atoms with E-state index in [9.17, 15) is 13.6 Å². The molecule has 6 heteroatoms. The molecule has 0 spiro atoms. The number of hydrogen-bond donors (Lipinski definition) is 0. The van der Waals surface area contributed by atoms with Crippen LogP contribution in [0.2, 0.25) is 0 Å². The number of carbonyl (C=O) groups excluding carboxylic acids is 1. The van der Waals surface area contributed by atoms with E-state index in [1.807, 2.05) is 13.8 Å². The smallest absolute Gasteiger partial charge is 0.264 e. The Morgan fingerprint density at radius 3 is 2.59 bits per heavy atom. The molecule has 0 N–H and O–H groups in total. The van der Waals surface area contributed by atoms with Crippen molar-refractivity contribution >= 4 is 28.8 Å². The highest BCUT2D eigenvalue weighted by atomic mass is 35.5. The molecule has 0 saturated heterocycles. The second-order valence-corrected chi connectivity index (χ2v) is 5.32. The third-order valence-electron chi connectivity index (χ3n) is 2.38. The molecule has 0 aromatic carbocycles. The summed E-state index contributed by atoms with van der Waals surface area (Å²) in [4.78, 5) is 14.6. The number of nitrogens with zero attached hydrogens (tertiary/aromatic N) is 1. The van der Waals surface area contributed by atoms with Crippen LogP contribution in [-0.2, 0) is 0 Å². The van der Waals surface area contributed by atoms with Gasteiger partial charge in [0.1, 0.15) is 0 Å². The Labute approximate surface area is 108 Å². The average molecular weight is 282 g/mol. The molecule has 0 saturated carbocycles. The van der Waals surface area contributed by atoms with Gasteiger partial charge in [0.05, 0.1) is 11.4 Å². The number of alkyl halides is 3. The first-order chi connectivity index (χ1) is 7.95. The minimum Gasteiger partial charge on any atom is -0.331 e. The van der Waals surface area contributed by atoms with Crippen LogP contribution in [0.5, 0.6) is 0 Å². The zero-order valence-electron chi connectivity index (χ0n) is 9.67. The van der Waals surface area contributed by atoms with Crippen molar-refractivity contribution in [3.05, 3.63) is 21.4 Å². The molecular formula is C11H14ClF2NOS. The highest BCUT2D eigenvalue weighted by Gasteiger charge is 2.21. The standard InChI is InChI=1S/C11H14ClF2NOS/c1-7-5-9(17-8(7)2)11(16)15(4-3-12)6-10(13)14/h5,10H,3-4,6H2,1-2H3. The number of hydrogen-bond acceptors (Lipinski definition) is 2. The van der Waals surface area contributed by atoms with Crippen molar-refractivity contribution < 1.29 is 13.6 Å². The van der Waals surface area contributed by atoms with E-state index in [-0.39, 0.29) is 18.3 Å². The molecule has 96 valence electrons. The molecule has 0 atom stereocenters. The van der Waals surface area contributed by atoms with E-state index in [0.29, 0.717) is 4.88 Å². The highest BCUT2D eigenvalue weighted by Crippen LogP contribution is 2.22. The van der Waals surface area contributed by atoms with Crippen LogP contribution >= 0.6 is 22.9 Å². The lowest BCUT2D eigenvalue weighted by Crippen LogP contribution is -2.36. The summed E-state index contributed by atoms with van der Waals surface area (Å²) in [7, 11) is 0. The summed E-state index contributed by atoms with van der Waals surface area (Å²) < 4.78 is 24.7. The van der Waals surface area contributed by atoms with E-state index in [4.69, 9.17) is 11.6 Å². The van der Waals surface area contributed by atoms with Crippen LogP contribution in [0.4, 0.5) is 8.78 Å². The number of thiophene rings is 1. The van der Waals surface area contributed by atoms with Crippen molar-refractivity contribution in [3.8, 4) is 0 Å². The van der Waals surface area contributed by atoms with Gasteiger partial charge in [0.2, 0.25) is 0 Å². The molecule has 1 rings (SSSR count). The predicted molar refractivity (Wildman–Crippen MR) is 66.4 cm³/mol. The number of amides is 1. The zero-order valence-corrected chi connectivity index (χ0v) is 11.2. The first-order valence-electron chi connectivity index (χ1n) is 5.16. The lowest BCUT2D eigenvalue weighted by atomic mass is 10.2. The first kappa shape index (κ1) is 14.4. The number of rotatable bonds is 5. The van der Waals surface area contributed by atoms with E-state index >= 15 is 0 Å². The van der Waals surface area contributed by atoms with Crippen molar-refractivity contribution in [2.45, 2.75) is 20.3 Å². The van der Waals surface area contributed by atoms with E-state index in [2.05, 4.69) is 0 Å². The topological polar surface area (TPSA) is 20.3 Å². The Hall–Kier alpha value is -0.680. The average Bonchev–Trinajstić information content (AvgIpc) is 2.57. The molecule has 0 aliphatic heterocycles. The minimum absolute atomic E-state index is 0.140. The molecule has 0 aliphatic rings. The Bertz CT molecular complexity index is 375. The molecular weight excluding hydrogens is 268 g/mol. The molecule has 0 aliphatic carbocycles. The monoisotopic (exact) mass is 281 g/mol. The van der Waals surface area contributed by atoms with Crippen molar-refractivity contribution in [2.75, 3.05) is 19.0 Å². The van der Waals surface area contributed by atoms with Gasteiger partial charge in [-0.1, -0.05) is 0 Å². The number of carbonyl (C=O) groups is 1. The van der Waals surface area contributed by atoms with Gasteiger partial charge in [-0.05, 0) is 25.5 Å². The fraction of sp³-hybridized carbons (Fsp3) is 0.545. The zero-order chi connectivity index (χ0) is 13.0. The fourth-order valence-corrected chi connectivity index (χ4v) is 2.58. The van der Waals surface area contributed by atoms with Gasteiger partial charge in [0.25, 0.3) is 12.3 Å². The van der Waals surface area contributed by atoms with Gasteiger partial charge >= 0.3 is 0 Å². The lowest BCUT2D eigenvalue weighted by Gasteiger charge is -2.20. The van der Waals surface area contributed by atoms with Crippen LogP contribution in [-0.4, -0.2) is 36.2 Å². The highest BCUT2D eigenvalue weighted by molar-refractivity contribution is 7.14. The van der Waals surface area contributed by atoms with E-state index in [1.165, 1.54) is 11.3 Å². The lowest BCUT2D eigenvalue weighted by molar-refractivity contribution is 0.0575. The molecule has 17 heavy (non-hydrogen) atoms. The fourth-order valence-electron chi connectivity index (χ4n) is 1.38. The first-order valence-corrected chi connectivity index (χ1v) is 6.51. The molecule has 1 aromatic heterocycles. The predicted octanol–water partition coefficient (Wildman–Crippen LogP) is 3.31. The molecule has 0 radical (unpaired) electrons. The Balaban J connectivity index is 2.83. The minimum atomic E-state index is -2.54. The van der Waals surface area contributed by atoms with E-state index in [0.717, 1.165) is 15.3 Å². The Kier molecular flexibility index (Phi) is 5.33. The maximum atomic E-state index is 12.3. The quantitative estimate of drug-likeness (QED) is 0.758. The van der Waals surface area contributed by atoms with E-state index in [1.54, 1.807) is 6.07 Å². The SMILES string of the molecule is Cc1cc(C(=O)N(CCCl)CC(F)F)sc1C. The van der Waals surface area contributed by atoms with Gasteiger partial charge in [-0.25, -0.2) is 8.78 Å². The second kappa shape index (κ2) is 6.31. The maximum absolute atomic E-state index is 12.3. The molecule has 1 amide bonds. The largest absolute Gasteiger partial charge is 0.331 e. The Morgan fingerprint density at radius 2 is 2.18 bits per heavy atom. The van der Waals surface area contributed by atoms with Gasteiger partial charge in [-0.3, -0.25) is 4.79 Å². The third-order valence-corrected chi connectivity index (χ3v) is 3.69. The van der Waals surface area contributed by atoms with Gasteiger partial charge in [-0.15, -0.1) is 22.9 Å². The summed E-state index contributed by atoms with van der Waals surface area (Å²) in [6, 6.07) is 1.73. The molecule has 2 nitrogen and oxygen atoms in total. The summed E-state index contributed by atoms with van der Waals surface area (Å²) in [6.45, 7) is 3.36. The summed E-state index contributed by atoms with van der Waals surface area (Å²) in [6.07, 6.45) is -2.54. The van der Waals surface area contributed by atoms with Crippen LogP contribution in [0, 0.1) is 13.8 Å². The summed E-state index contributed by atoms with van der Waals surface area (Å²) in [5, 5.41) is 0. The molecule has 0 unspecified atom stereocenters. The van der Waals surface area contributed by atoms with Gasteiger partial charge in [0, 0.05) is 17.3 Å². The van der Waals surface area contributed by atoms with E-state index < -0.39 is 13.0 Å². The van der Waals surface area contributed by atoms with Crippen LogP contribution < -0.4 is 0 Å². The molecule has 1 aromatic rings. The number of aryl methyl sites for hydroxylation is 2. The normalized spacial score (nSPS) is 10.9. The van der Waals surface area contributed by atoms with Crippen LogP contribution in [0.1, 0.15) is 20.1 Å². The summed E-state index contributed by atoms with van der Waals surface area (Å²) in [5.74, 6) is -0.214. The molecule has 0 bridgehead atoms. The van der Waals surface area contributed by atoms with Gasteiger partial charge in [0.15, 0.2) is 0 Å². The van der Waals surface area contributed by atoms with Crippen LogP contribution in [0.25, 0.3) is 0 Å². The maximum Gasteiger partial charge on any atom is 0.264 e. The van der Waals surface area contributed by atoms with Crippen molar-refractivity contribution in [1.29, 1.82) is 0 Å². The summed E-state index contributed by atoms with van der Waals surface area (Å²) in [5.41, 5.74) is 1.00. The van der Waals surface area contributed by atoms with Crippen LogP contribution in [0.3, 0.4) is 0 Å². The van der Waals surface area contributed by atoms with Crippen molar-refractivity contribution in [3.63, 3.8) is 0 Å². The van der Waals surface area contributed by atoms with Crippen molar-refractivity contribution in [2.24, 2.45) is 0 Å². The van der Waals surface area contributed by atoms with Crippen molar-refractivity contribution in [1.82, 2.24) is 4.90 Å². The molecule has 1 heterocycles.